The normalized spacial score (nSPS) is 12.3. The third kappa shape index (κ3) is 8.55. The van der Waals surface area contributed by atoms with Crippen LogP contribution in [-0.4, -0.2) is 51.8 Å². The van der Waals surface area contributed by atoms with E-state index >= 15 is 0 Å². The average Bonchev–Trinajstić information content (AvgIpc) is 2.71. The Bertz CT molecular complexity index is 1560. The molecule has 0 radical (unpaired) electrons. The molecule has 0 saturated carbocycles. The summed E-state index contributed by atoms with van der Waals surface area (Å²) < 4.78 is 91.0. The van der Waals surface area contributed by atoms with Gasteiger partial charge in [-0.2, -0.15) is 21.9 Å². The zero-order chi connectivity index (χ0) is 24.4. The molecule has 0 aromatic heterocycles. The van der Waals surface area contributed by atoms with Gasteiger partial charge in [0.05, 0.1) is 22.9 Å². The minimum absolute atomic E-state index is 0. The summed E-state index contributed by atoms with van der Waals surface area (Å²) in [6.45, 7) is -0.789. The molecule has 0 aliphatic heterocycles. The van der Waals surface area contributed by atoms with Gasteiger partial charge in [-0.3, -0.25) is 9.11 Å². The molecule has 0 heterocycles. The first-order chi connectivity index (χ1) is 15.3. The number of hydrogen-bond acceptors (Lipinski definition) is 10. The Labute approximate surface area is 245 Å². The van der Waals surface area contributed by atoms with Crippen molar-refractivity contribution in [2.24, 2.45) is 10.2 Å². The van der Waals surface area contributed by atoms with Gasteiger partial charge in [0.2, 0.25) is 0 Å². The number of phenols is 1. The van der Waals surface area contributed by atoms with Gasteiger partial charge in [0.25, 0.3) is 10.1 Å². The van der Waals surface area contributed by atoms with E-state index in [-0.39, 0.29) is 75.1 Å². The predicted molar refractivity (Wildman–Crippen MR) is 116 cm³/mol. The van der Waals surface area contributed by atoms with E-state index in [0.717, 1.165) is 18.2 Å². The van der Waals surface area contributed by atoms with Gasteiger partial charge in [-0.1, -0.05) is 24.3 Å². The zero-order valence-corrected chi connectivity index (χ0v) is 24.9. The van der Waals surface area contributed by atoms with E-state index in [4.69, 9.17) is 4.55 Å². The number of rotatable bonds is 8. The van der Waals surface area contributed by atoms with Crippen LogP contribution in [0.1, 0.15) is 0 Å². The Kier molecular flexibility index (Phi) is 11.5. The number of aromatic hydroxyl groups is 1. The monoisotopic (exact) mass is 562 g/mol. The van der Waals surface area contributed by atoms with Gasteiger partial charge in [-0.15, -0.1) is 5.11 Å². The van der Waals surface area contributed by atoms with Gasteiger partial charge in [0.1, 0.15) is 10.6 Å². The number of fused-ring (bicyclic) bond motifs is 1. The summed E-state index contributed by atoms with van der Waals surface area (Å²) in [4.78, 5) is -0.868. The maximum atomic E-state index is 12.2. The fourth-order valence-electron chi connectivity index (χ4n) is 2.78. The van der Waals surface area contributed by atoms with E-state index in [1.54, 1.807) is 12.1 Å². The molecule has 3 aromatic rings. The van der Waals surface area contributed by atoms with Crippen molar-refractivity contribution in [3.8, 4) is 5.75 Å². The van der Waals surface area contributed by atoms with Gasteiger partial charge in [-0.25, -0.2) is 12.6 Å². The number of phenolic OH excluding ortho intramolecular Hbond substituents is 1. The number of nitrogens with zero attached hydrogens (tertiary/aromatic N) is 2. The number of sulfone groups is 1. The first-order valence-electron chi connectivity index (χ1n) is 8.86. The topological polar surface area (TPSA) is 197 Å². The Morgan fingerprint density at radius 2 is 1.43 bits per heavy atom. The standard InChI is InChI=1S/C18H16N2O10S3.2Na/c21-18-15-4-2-1-3-12(15)11-16(32(24,25)26)17(18)20-19-13-5-7-14(8-6-13)31(22,23)10-9-30-33(27,28)29;;/h1-8,11,21H,9-10H2,(H,24,25,26)(H,27,28,29);;/q;2*+1. The van der Waals surface area contributed by atoms with Crippen molar-refractivity contribution < 1.29 is 103 Å². The van der Waals surface area contributed by atoms with Crippen LogP contribution in [0, 0.1) is 0 Å². The summed E-state index contributed by atoms with van der Waals surface area (Å²) in [6, 6.07) is 12.1. The fraction of sp³-hybridized carbons (Fsp3) is 0.111. The first kappa shape index (κ1) is 32.1. The summed E-state index contributed by atoms with van der Waals surface area (Å²) >= 11 is 0. The van der Waals surface area contributed by atoms with Crippen LogP contribution in [0.25, 0.3) is 10.8 Å². The zero-order valence-electron chi connectivity index (χ0n) is 18.4. The number of azo groups is 1. The molecule has 0 aliphatic rings. The van der Waals surface area contributed by atoms with Crippen LogP contribution < -0.4 is 59.1 Å². The van der Waals surface area contributed by atoms with E-state index in [1.165, 1.54) is 24.3 Å². The van der Waals surface area contributed by atoms with E-state index in [2.05, 4.69) is 14.4 Å². The van der Waals surface area contributed by atoms with Gasteiger partial charge >= 0.3 is 69.5 Å². The Morgan fingerprint density at radius 3 is 2.00 bits per heavy atom. The SMILES string of the molecule is O=S(=O)(O)OCCS(=O)(=O)c1ccc(N=Nc2c(S(=O)(=O)O)cc3ccccc3c2O)cc1.[Na+].[Na+]. The molecule has 3 rings (SSSR count). The van der Waals surface area contributed by atoms with Gasteiger partial charge in [0.15, 0.2) is 15.6 Å². The molecule has 0 fully saturated rings. The third-order valence-electron chi connectivity index (χ3n) is 4.28. The van der Waals surface area contributed by atoms with Crippen molar-refractivity contribution in [3.05, 3.63) is 54.6 Å². The molecule has 0 spiro atoms. The minimum Gasteiger partial charge on any atom is -0.505 e. The maximum absolute atomic E-state index is 12.2. The molecular formula is C18H16N2Na2O10S3+2. The summed E-state index contributed by atoms with van der Waals surface area (Å²) in [7, 11) is -13.5. The van der Waals surface area contributed by atoms with Crippen molar-refractivity contribution in [3.63, 3.8) is 0 Å². The first-order valence-corrected chi connectivity index (χ1v) is 13.3. The molecule has 3 N–H and O–H groups in total. The number of hydrogen-bond donors (Lipinski definition) is 3. The van der Waals surface area contributed by atoms with Crippen molar-refractivity contribution in [1.29, 1.82) is 0 Å². The van der Waals surface area contributed by atoms with Crippen LogP contribution >= 0.6 is 0 Å². The van der Waals surface area contributed by atoms with Crippen molar-refractivity contribution in [2.45, 2.75) is 9.79 Å². The quantitative estimate of drug-likeness (QED) is 0.143. The van der Waals surface area contributed by atoms with Crippen LogP contribution in [0.2, 0.25) is 0 Å². The number of benzene rings is 3. The van der Waals surface area contributed by atoms with Gasteiger partial charge < -0.3 is 5.11 Å². The molecule has 0 bridgehead atoms. The Morgan fingerprint density at radius 1 is 0.829 bits per heavy atom. The smallest absolute Gasteiger partial charge is 0.505 e. The third-order valence-corrected chi connectivity index (χ3v) is 7.31. The van der Waals surface area contributed by atoms with Gasteiger partial charge in [0, 0.05) is 5.39 Å². The van der Waals surface area contributed by atoms with Gasteiger partial charge in [-0.05, 0) is 35.7 Å². The van der Waals surface area contributed by atoms with Crippen LogP contribution in [-0.2, 0) is 34.5 Å². The van der Waals surface area contributed by atoms with E-state index in [9.17, 15) is 34.9 Å². The van der Waals surface area contributed by atoms with Crippen LogP contribution in [0.3, 0.4) is 0 Å². The second kappa shape index (κ2) is 12.5. The molecule has 176 valence electrons. The van der Waals surface area contributed by atoms with Crippen molar-refractivity contribution >= 4 is 52.5 Å². The Hall–Kier alpha value is -0.950. The fourth-order valence-corrected chi connectivity index (χ4v) is 4.93. The summed E-state index contributed by atoms with van der Waals surface area (Å²) in [6.07, 6.45) is 0. The van der Waals surface area contributed by atoms with Crippen LogP contribution in [0.5, 0.6) is 5.75 Å². The molecule has 0 saturated heterocycles. The molecule has 0 atom stereocenters. The van der Waals surface area contributed by atoms with E-state index in [1.807, 2.05) is 0 Å². The summed E-state index contributed by atoms with van der Waals surface area (Å²) in [5.41, 5.74) is -0.424. The largest absolute Gasteiger partial charge is 1.00 e. The molecule has 0 amide bonds. The second-order valence-electron chi connectivity index (χ2n) is 6.53. The molecule has 17 heteroatoms. The van der Waals surface area contributed by atoms with Crippen molar-refractivity contribution in [2.75, 3.05) is 12.4 Å². The summed E-state index contributed by atoms with van der Waals surface area (Å²) in [5.74, 6) is -1.25. The molecule has 35 heavy (non-hydrogen) atoms. The molecule has 0 aliphatic carbocycles. The molecule has 3 aromatic carbocycles. The average molecular weight is 563 g/mol. The van der Waals surface area contributed by atoms with Crippen LogP contribution in [0.15, 0.2) is 74.6 Å². The Balaban J connectivity index is 0.00000306. The van der Waals surface area contributed by atoms with Crippen molar-refractivity contribution in [1.82, 2.24) is 0 Å². The minimum atomic E-state index is -4.77. The van der Waals surface area contributed by atoms with Crippen LogP contribution in [0.4, 0.5) is 11.4 Å². The summed E-state index contributed by atoms with van der Waals surface area (Å²) in [5, 5.41) is 18.6. The maximum Gasteiger partial charge on any atom is 1.00 e. The molecule has 0 unspecified atom stereocenters. The van der Waals surface area contributed by atoms with E-state index in [0.29, 0.717) is 5.39 Å². The molecule has 12 nitrogen and oxygen atoms in total. The molecular weight excluding hydrogens is 546 g/mol. The second-order valence-corrected chi connectivity index (χ2v) is 11.1. The predicted octanol–water partition coefficient (Wildman–Crippen LogP) is -3.19. The van der Waals surface area contributed by atoms with E-state index < -0.39 is 59.0 Å².